The lowest BCUT2D eigenvalue weighted by Gasteiger charge is -2.09. The van der Waals surface area contributed by atoms with E-state index in [1.807, 2.05) is 72.8 Å². The van der Waals surface area contributed by atoms with Gasteiger partial charge in [-0.05, 0) is 68.8 Å². The van der Waals surface area contributed by atoms with Crippen LogP contribution in [-0.2, 0) is 0 Å². The molecule has 0 radical (unpaired) electrons. The molecule has 0 aliphatic heterocycles. The summed E-state index contributed by atoms with van der Waals surface area (Å²) in [5.74, 6) is 1.86. The first-order valence-corrected chi connectivity index (χ1v) is 18.4. The fraction of sp³-hybridized carbons (Fsp3) is 0. The third-order valence-corrected chi connectivity index (χ3v) is 10.2. The van der Waals surface area contributed by atoms with Gasteiger partial charge in [0.25, 0.3) is 0 Å². The number of hydrogen-bond acceptors (Lipinski definition) is 4. The number of nitrogens with zero attached hydrogens (tertiary/aromatic N) is 3. The molecule has 0 aliphatic carbocycles. The van der Waals surface area contributed by atoms with Gasteiger partial charge in [0.2, 0.25) is 0 Å². The number of benzene rings is 8. The minimum absolute atomic E-state index is 0.602. The first kappa shape index (κ1) is 32.2. The smallest absolute Gasteiger partial charge is 0.164 e. The van der Waals surface area contributed by atoms with Gasteiger partial charge in [-0.15, -0.1) is 0 Å². The molecule has 258 valence electrons. The SMILES string of the molecule is c1ccc(-c2cccc(-c3ccc(-c4ccc(-c5ccc6oc7cccc(-c8nc(-c9ccccc9)nc(-c9ccccc9)n8)c7c6c5)cc4)cc3)c2)cc1. The predicted molar refractivity (Wildman–Crippen MR) is 225 cm³/mol. The first-order valence-electron chi connectivity index (χ1n) is 18.4. The van der Waals surface area contributed by atoms with Crippen molar-refractivity contribution in [2.24, 2.45) is 0 Å². The zero-order chi connectivity index (χ0) is 36.6. The van der Waals surface area contributed by atoms with Crippen molar-refractivity contribution in [3.8, 4) is 78.7 Å². The van der Waals surface area contributed by atoms with Crippen LogP contribution < -0.4 is 0 Å². The van der Waals surface area contributed by atoms with E-state index in [9.17, 15) is 0 Å². The highest BCUT2D eigenvalue weighted by Crippen LogP contribution is 2.39. The Labute approximate surface area is 319 Å². The van der Waals surface area contributed by atoms with E-state index in [4.69, 9.17) is 19.4 Å². The Hall–Kier alpha value is -7.43. The van der Waals surface area contributed by atoms with Crippen molar-refractivity contribution in [2.75, 3.05) is 0 Å². The fourth-order valence-electron chi connectivity index (χ4n) is 7.34. The lowest BCUT2D eigenvalue weighted by Crippen LogP contribution is -2.00. The second kappa shape index (κ2) is 13.8. The van der Waals surface area contributed by atoms with E-state index in [1.54, 1.807) is 0 Å². The predicted octanol–water partition coefficient (Wildman–Crippen LogP) is 13.4. The molecular formula is C51H33N3O. The van der Waals surface area contributed by atoms with Crippen molar-refractivity contribution < 1.29 is 4.42 Å². The molecule has 4 nitrogen and oxygen atoms in total. The number of rotatable bonds is 7. The Kier molecular flexibility index (Phi) is 8.12. The van der Waals surface area contributed by atoms with Gasteiger partial charge in [-0.2, -0.15) is 0 Å². The molecule has 0 unspecified atom stereocenters. The molecule has 0 amide bonds. The van der Waals surface area contributed by atoms with Crippen LogP contribution >= 0.6 is 0 Å². The van der Waals surface area contributed by atoms with Gasteiger partial charge in [0, 0.05) is 27.5 Å². The van der Waals surface area contributed by atoms with Gasteiger partial charge >= 0.3 is 0 Å². The molecule has 0 atom stereocenters. The lowest BCUT2D eigenvalue weighted by molar-refractivity contribution is 0.669. The summed E-state index contributed by atoms with van der Waals surface area (Å²) < 4.78 is 6.41. The van der Waals surface area contributed by atoms with Crippen molar-refractivity contribution in [1.29, 1.82) is 0 Å². The van der Waals surface area contributed by atoms with Crippen LogP contribution in [0.1, 0.15) is 0 Å². The molecule has 0 aliphatic rings. The molecule has 0 saturated carbocycles. The highest BCUT2D eigenvalue weighted by atomic mass is 16.3. The second-order valence-corrected chi connectivity index (χ2v) is 13.6. The molecule has 0 fully saturated rings. The normalized spacial score (nSPS) is 11.3. The molecule has 2 aromatic heterocycles. The van der Waals surface area contributed by atoms with Crippen molar-refractivity contribution >= 4 is 21.9 Å². The summed E-state index contributed by atoms with van der Waals surface area (Å²) in [7, 11) is 0. The molecule has 0 spiro atoms. The van der Waals surface area contributed by atoms with E-state index in [2.05, 4.69) is 127 Å². The Balaban J connectivity index is 0.987. The average Bonchev–Trinajstić information content (AvgIpc) is 3.66. The van der Waals surface area contributed by atoms with E-state index in [0.717, 1.165) is 49.8 Å². The van der Waals surface area contributed by atoms with Crippen molar-refractivity contribution in [1.82, 2.24) is 15.0 Å². The van der Waals surface area contributed by atoms with Gasteiger partial charge in [0.05, 0.1) is 0 Å². The fourth-order valence-corrected chi connectivity index (χ4v) is 7.34. The van der Waals surface area contributed by atoms with Crippen LogP contribution in [0.3, 0.4) is 0 Å². The van der Waals surface area contributed by atoms with E-state index in [0.29, 0.717) is 17.5 Å². The van der Waals surface area contributed by atoms with Gasteiger partial charge in [-0.25, -0.2) is 15.0 Å². The van der Waals surface area contributed by atoms with E-state index < -0.39 is 0 Å². The molecule has 10 aromatic rings. The zero-order valence-corrected chi connectivity index (χ0v) is 29.8. The van der Waals surface area contributed by atoms with Gasteiger partial charge < -0.3 is 4.42 Å². The van der Waals surface area contributed by atoms with Crippen LogP contribution in [0.15, 0.2) is 205 Å². The quantitative estimate of drug-likeness (QED) is 0.166. The summed E-state index contributed by atoms with van der Waals surface area (Å²) in [5, 5.41) is 2.00. The number of hydrogen-bond donors (Lipinski definition) is 0. The van der Waals surface area contributed by atoms with E-state index >= 15 is 0 Å². The summed E-state index contributed by atoms with van der Waals surface area (Å²) in [5.41, 5.74) is 13.8. The number of fused-ring (bicyclic) bond motifs is 3. The van der Waals surface area contributed by atoms with Crippen LogP contribution in [0.4, 0.5) is 0 Å². The molecule has 0 bridgehead atoms. The molecule has 8 aromatic carbocycles. The van der Waals surface area contributed by atoms with Crippen molar-refractivity contribution in [3.63, 3.8) is 0 Å². The maximum Gasteiger partial charge on any atom is 0.164 e. The van der Waals surface area contributed by atoms with Crippen LogP contribution in [0.25, 0.3) is 101 Å². The topological polar surface area (TPSA) is 51.8 Å². The maximum atomic E-state index is 6.41. The summed E-state index contributed by atoms with van der Waals surface area (Å²) in [6.07, 6.45) is 0. The Morgan fingerprint density at radius 1 is 0.273 bits per heavy atom. The van der Waals surface area contributed by atoms with Gasteiger partial charge in [0.1, 0.15) is 11.2 Å². The minimum Gasteiger partial charge on any atom is -0.456 e. The lowest BCUT2D eigenvalue weighted by atomic mass is 9.96. The van der Waals surface area contributed by atoms with Crippen LogP contribution in [0.5, 0.6) is 0 Å². The zero-order valence-electron chi connectivity index (χ0n) is 29.8. The summed E-state index contributed by atoms with van der Waals surface area (Å²) in [4.78, 5) is 15.0. The Morgan fingerprint density at radius 2 is 0.673 bits per heavy atom. The van der Waals surface area contributed by atoms with Crippen molar-refractivity contribution in [2.45, 2.75) is 0 Å². The summed E-state index contributed by atoms with van der Waals surface area (Å²) in [6.45, 7) is 0. The highest BCUT2D eigenvalue weighted by Gasteiger charge is 2.18. The Morgan fingerprint density at radius 3 is 1.22 bits per heavy atom. The van der Waals surface area contributed by atoms with Crippen molar-refractivity contribution in [3.05, 3.63) is 200 Å². The number of aromatic nitrogens is 3. The molecular weight excluding hydrogens is 671 g/mol. The van der Waals surface area contributed by atoms with Gasteiger partial charge in [-0.3, -0.25) is 0 Å². The monoisotopic (exact) mass is 703 g/mol. The second-order valence-electron chi connectivity index (χ2n) is 13.6. The third-order valence-electron chi connectivity index (χ3n) is 10.2. The minimum atomic E-state index is 0.602. The third kappa shape index (κ3) is 6.26. The largest absolute Gasteiger partial charge is 0.456 e. The summed E-state index contributed by atoms with van der Waals surface area (Å²) >= 11 is 0. The van der Waals surface area contributed by atoms with Crippen LogP contribution in [0.2, 0.25) is 0 Å². The van der Waals surface area contributed by atoms with Crippen LogP contribution in [0, 0.1) is 0 Å². The standard InChI is InChI=1S/C51H33N3O/c1-4-12-34(13-5-1)41-18-10-19-42(32-41)37-26-22-35(23-27-37)36-24-28-38(29-25-36)43-30-31-46-45(33-43)48-44(20-11-21-47(48)55-46)51-53-49(39-14-6-2-7-15-39)52-50(54-51)40-16-8-3-9-17-40/h1-33H. The molecule has 4 heteroatoms. The number of furan rings is 1. The first-order chi connectivity index (χ1) is 27.2. The molecule has 0 N–H and O–H groups in total. The summed E-state index contributed by atoms with van der Waals surface area (Å²) in [6, 6.07) is 69.5. The van der Waals surface area contributed by atoms with Gasteiger partial charge in [0.15, 0.2) is 17.5 Å². The highest BCUT2D eigenvalue weighted by molar-refractivity contribution is 6.12. The van der Waals surface area contributed by atoms with Gasteiger partial charge in [-0.1, -0.05) is 176 Å². The van der Waals surface area contributed by atoms with E-state index in [-0.39, 0.29) is 0 Å². The molecule has 2 heterocycles. The molecule has 55 heavy (non-hydrogen) atoms. The average molecular weight is 704 g/mol. The molecule has 0 saturated heterocycles. The van der Waals surface area contributed by atoms with E-state index in [1.165, 1.54) is 33.4 Å². The Bertz CT molecular complexity index is 2880. The molecule has 10 rings (SSSR count). The maximum absolute atomic E-state index is 6.41. The van der Waals surface area contributed by atoms with Crippen LogP contribution in [-0.4, -0.2) is 15.0 Å².